The summed E-state index contributed by atoms with van der Waals surface area (Å²) in [4.78, 5) is 13.9. The SMILES string of the molecule is CCCCN(CC)C(=O)c1cc(C#CCO)ccc1F. The molecule has 1 N–H and O–H groups in total. The molecule has 0 saturated heterocycles. The second kappa shape index (κ2) is 8.34. The first kappa shape index (κ1) is 16.2. The van der Waals surface area contributed by atoms with E-state index in [1.165, 1.54) is 18.2 Å². The minimum Gasteiger partial charge on any atom is -0.384 e. The number of nitrogens with zero attached hydrogens (tertiary/aromatic N) is 1. The number of halogens is 1. The van der Waals surface area contributed by atoms with Crippen LogP contribution in [0.4, 0.5) is 4.39 Å². The number of aliphatic hydroxyl groups is 1. The highest BCUT2D eigenvalue weighted by molar-refractivity contribution is 5.94. The Kier molecular flexibility index (Phi) is 6.75. The number of amides is 1. The third-order valence-corrected chi connectivity index (χ3v) is 2.96. The highest BCUT2D eigenvalue weighted by Gasteiger charge is 2.17. The Labute approximate surface area is 119 Å². The van der Waals surface area contributed by atoms with E-state index < -0.39 is 5.82 Å². The standard InChI is InChI=1S/C16H20FNO2/c1-3-5-10-18(4-2)16(20)14-12-13(7-6-11-19)8-9-15(14)17/h8-9,12,19H,3-5,10-11H2,1-2H3. The van der Waals surface area contributed by atoms with E-state index in [9.17, 15) is 9.18 Å². The van der Waals surface area contributed by atoms with E-state index in [2.05, 4.69) is 11.8 Å². The van der Waals surface area contributed by atoms with Crippen molar-refractivity contribution in [3.8, 4) is 11.8 Å². The van der Waals surface area contributed by atoms with Crippen molar-refractivity contribution in [2.75, 3.05) is 19.7 Å². The molecule has 20 heavy (non-hydrogen) atoms. The van der Waals surface area contributed by atoms with Gasteiger partial charge in [-0.2, -0.15) is 0 Å². The molecule has 0 aliphatic carbocycles. The Morgan fingerprint density at radius 2 is 2.15 bits per heavy atom. The van der Waals surface area contributed by atoms with Gasteiger partial charge >= 0.3 is 0 Å². The van der Waals surface area contributed by atoms with Crippen LogP contribution in [0.15, 0.2) is 18.2 Å². The van der Waals surface area contributed by atoms with Crippen LogP contribution in [0.25, 0.3) is 0 Å². The molecule has 0 bridgehead atoms. The van der Waals surface area contributed by atoms with Crippen molar-refractivity contribution in [1.82, 2.24) is 4.90 Å². The zero-order valence-corrected chi connectivity index (χ0v) is 11.9. The smallest absolute Gasteiger partial charge is 0.256 e. The lowest BCUT2D eigenvalue weighted by Gasteiger charge is -2.21. The van der Waals surface area contributed by atoms with E-state index in [1.54, 1.807) is 4.90 Å². The van der Waals surface area contributed by atoms with Gasteiger partial charge in [-0.1, -0.05) is 25.2 Å². The maximum Gasteiger partial charge on any atom is 0.256 e. The van der Waals surface area contributed by atoms with Crippen molar-refractivity contribution in [2.24, 2.45) is 0 Å². The first-order chi connectivity index (χ1) is 9.63. The molecular formula is C16H20FNO2. The summed E-state index contributed by atoms with van der Waals surface area (Å²) in [5.74, 6) is 4.31. The predicted octanol–water partition coefficient (Wildman–Crippen LogP) is 2.43. The van der Waals surface area contributed by atoms with Gasteiger partial charge in [0.25, 0.3) is 5.91 Å². The molecule has 1 aromatic rings. The zero-order chi connectivity index (χ0) is 15.0. The molecule has 0 spiro atoms. The van der Waals surface area contributed by atoms with E-state index >= 15 is 0 Å². The minimum atomic E-state index is -0.542. The summed E-state index contributed by atoms with van der Waals surface area (Å²) in [5, 5.41) is 8.66. The highest BCUT2D eigenvalue weighted by Crippen LogP contribution is 2.13. The van der Waals surface area contributed by atoms with Gasteiger partial charge in [0.15, 0.2) is 0 Å². The average molecular weight is 277 g/mol. The van der Waals surface area contributed by atoms with Crippen LogP contribution < -0.4 is 0 Å². The average Bonchev–Trinajstić information content (AvgIpc) is 2.47. The van der Waals surface area contributed by atoms with Crippen LogP contribution in [0.5, 0.6) is 0 Å². The number of carbonyl (C=O) groups is 1. The fraction of sp³-hybridized carbons (Fsp3) is 0.438. The van der Waals surface area contributed by atoms with E-state index in [0.29, 0.717) is 18.7 Å². The van der Waals surface area contributed by atoms with Crippen LogP contribution >= 0.6 is 0 Å². The summed E-state index contributed by atoms with van der Waals surface area (Å²) < 4.78 is 13.8. The molecule has 0 unspecified atom stereocenters. The highest BCUT2D eigenvalue weighted by atomic mass is 19.1. The Morgan fingerprint density at radius 3 is 2.75 bits per heavy atom. The van der Waals surface area contributed by atoms with Crippen molar-refractivity contribution in [1.29, 1.82) is 0 Å². The number of hydrogen-bond donors (Lipinski definition) is 1. The monoisotopic (exact) mass is 277 g/mol. The molecule has 0 aliphatic heterocycles. The molecule has 1 rings (SSSR count). The van der Waals surface area contributed by atoms with Gasteiger partial charge in [-0.05, 0) is 31.5 Å². The Bertz CT molecular complexity index is 517. The van der Waals surface area contributed by atoms with Gasteiger partial charge in [0.2, 0.25) is 0 Å². The van der Waals surface area contributed by atoms with Gasteiger partial charge in [-0.3, -0.25) is 4.79 Å². The second-order valence-electron chi connectivity index (χ2n) is 4.39. The van der Waals surface area contributed by atoms with Gasteiger partial charge in [0.1, 0.15) is 12.4 Å². The topological polar surface area (TPSA) is 40.5 Å². The summed E-state index contributed by atoms with van der Waals surface area (Å²) in [6, 6.07) is 4.17. The first-order valence-electron chi connectivity index (χ1n) is 6.82. The second-order valence-corrected chi connectivity index (χ2v) is 4.39. The van der Waals surface area contributed by atoms with Crippen molar-refractivity contribution >= 4 is 5.91 Å². The van der Waals surface area contributed by atoms with Gasteiger partial charge in [0.05, 0.1) is 5.56 Å². The maximum absolute atomic E-state index is 13.8. The van der Waals surface area contributed by atoms with Crippen LogP contribution in [0.3, 0.4) is 0 Å². The van der Waals surface area contributed by atoms with Crippen LogP contribution in [0, 0.1) is 17.7 Å². The number of hydrogen-bond acceptors (Lipinski definition) is 2. The minimum absolute atomic E-state index is 0.0349. The van der Waals surface area contributed by atoms with E-state index in [1.807, 2.05) is 13.8 Å². The number of carbonyl (C=O) groups excluding carboxylic acids is 1. The van der Waals surface area contributed by atoms with Gasteiger partial charge < -0.3 is 10.0 Å². The van der Waals surface area contributed by atoms with Crippen LogP contribution in [0.2, 0.25) is 0 Å². The molecule has 1 aromatic carbocycles. The number of benzene rings is 1. The molecule has 0 aliphatic rings. The first-order valence-corrected chi connectivity index (χ1v) is 6.82. The summed E-state index contributed by atoms with van der Waals surface area (Å²) >= 11 is 0. The molecule has 4 heteroatoms. The molecule has 0 fully saturated rings. The lowest BCUT2D eigenvalue weighted by Crippen LogP contribution is -2.32. The molecule has 3 nitrogen and oxygen atoms in total. The van der Waals surface area contributed by atoms with E-state index in [-0.39, 0.29) is 18.1 Å². The molecular weight excluding hydrogens is 257 g/mol. The summed E-state index contributed by atoms with van der Waals surface area (Å²) in [7, 11) is 0. The van der Waals surface area contributed by atoms with Gasteiger partial charge in [-0.15, -0.1) is 0 Å². The normalized spacial score (nSPS) is 9.80. The van der Waals surface area contributed by atoms with E-state index in [4.69, 9.17) is 5.11 Å². The van der Waals surface area contributed by atoms with Crippen LogP contribution in [-0.4, -0.2) is 35.6 Å². The van der Waals surface area contributed by atoms with E-state index in [0.717, 1.165) is 12.8 Å². The molecule has 0 heterocycles. The van der Waals surface area contributed by atoms with Crippen molar-refractivity contribution < 1.29 is 14.3 Å². The van der Waals surface area contributed by atoms with Crippen LogP contribution in [-0.2, 0) is 0 Å². The lowest BCUT2D eigenvalue weighted by atomic mass is 10.1. The zero-order valence-electron chi connectivity index (χ0n) is 11.9. The quantitative estimate of drug-likeness (QED) is 0.840. The molecule has 0 atom stereocenters. The molecule has 0 aromatic heterocycles. The molecule has 0 radical (unpaired) electrons. The largest absolute Gasteiger partial charge is 0.384 e. The number of unbranched alkanes of at least 4 members (excludes halogenated alkanes) is 1. The molecule has 108 valence electrons. The lowest BCUT2D eigenvalue weighted by molar-refractivity contribution is 0.0757. The number of aliphatic hydroxyl groups excluding tert-OH is 1. The van der Waals surface area contributed by atoms with Crippen molar-refractivity contribution in [3.05, 3.63) is 35.1 Å². The van der Waals surface area contributed by atoms with Crippen molar-refractivity contribution in [3.63, 3.8) is 0 Å². The third kappa shape index (κ3) is 4.36. The Balaban J connectivity index is 3.00. The maximum atomic E-state index is 13.8. The Morgan fingerprint density at radius 1 is 1.40 bits per heavy atom. The Hall–Kier alpha value is -1.86. The molecule has 1 amide bonds. The summed E-state index contributed by atoms with van der Waals surface area (Å²) in [6.45, 7) is 4.83. The predicted molar refractivity (Wildman–Crippen MR) is 76.8 cm³/mol. The third-order valence-electron chi connectivity index (χ3n) is 2.96. The molecule has 0 saturated carbocycles. The fourth-order valence-corrected chi connectivity index (χ4v) is 1.83. The number of rotatable bonds is 5. The van der Waals surface area contributed by atoms with Crippen LogP contribution in [0.1, 0.15) is 42.6 Å². The van der Waals surface area contributed by atoms with Gasteiger partial charge in [-0.25, -0.2) is 4.39 Å². The van der Waals surface area contributed by atoms with Crippen molar-refractivity contribution in [2.45, 2.75) is 26.7 Å². The summed E-state index contributed by atoms with van der Waals surface area (Å²) in [6.07, 6.45) is 1.87. The summed E-state index contributed by atoms with van der Waals surface area (Å²) in [5.41, 5.74) is 0.558. The fourth-order valence-electron chi connectivity index (χ4n) is 1.83. The van der Waals surface area contributed by atoms with Gasteiger partial charge in [0, 0.05) is 18.7 Å².